The zero-order valence-corrected chi connectivity index (χ0v) is 25.5. The van der Waals surface area contributed by atoms with Gasteiger partial charge in [0.05, 0.1) is 39.6 Å². The van der Waals surface area contributed by atoms with E-state index in [2.05, 4.69) is 20.8 Å². The fraction of sp³-hybridized carbons (Fsp3) is 0.424. The summed E-state index contributed by atoms with van der Waals surface area (Å²) in [7, 11) is 5.77. The molecule has 1 heterocycles. The van der Waals surface area contributed by atoms with Gasteiger partial charge in [-0.25, -0.2) is 9.59 Å². The van der Waals surface area contributed by atoms with Crippen LogP contribution in [0.15, 0.2) is 41.9 Å². The summed E-state index contributed by atoms with van der Waals surface area (Å²) >= 11 is 0. The topological polar surface area (TPSA) is 127 Å². The second-order valence-electron chi connectivity index (χ2n) is 11.1. The van der Waals surface area contributed by atoms with Crippen molar-refractivity contribution in [2.75, 3.05) is 28.4 Å². The Bertz CT molecular complexity index is 1470. The van der Waals surface area contributed by atoms with Crippen molar-refractivity contribution in [2.24, 2.45) is 17.8 Å². The number of methoxy groups -OCH3 is 4. The van der Waals surface area contributed by atoms with Crippen molar-refractivity contribution >= 4 is 29.4 Å². The molecule has 2 aromatic rings. The Morgan fingerprint density at radius 3 is 2.19 bits per heavy atom. The predicted molar refractivity (Wildman–Crippen MR) is 158 cm³/mol. The van der Waals surface area contributed by atoms with Gasteiger partial charge in [0.2, 0.25) is 0 Å². The van der Waals surface area contributed by atoms with E-state index >= 15 is 0 Å². The fourth-order valence-electron chi connectivity index (χ4n) is 5.67. The highest BCUT2D eigenvalue weighted by Gasteiger charge is 2.36. The van der Waals surface area contributed by atoms with Crippen LogP contribution in [0.4, 0.5) is 0 Å². The number of rotatable bonds is 9. The number of aliphatic hydroxyl groups is 1. The second kappa shape index (κ2) is 13.2. The van der Waals surface area contributed by atoms with E-state index in [1.807, 2.05) is 0 Å². The normalized spacial score (nSPS) is 21.5. The van der Waals surface area contributed by atoms with Crippen molar-refractivity contribution in [1.82, 2.24) is 0 Å². The molecule has 1 fully saturated rings. The molecule has 0 amide bonds. The molecule has 0 spiro atoms. The zero-order valence-electron chi connectivity index (χ0n) is 25.5. The third kappa shape index (κ3) is 6.48. The zero-order chi connectivity index (χ0) is 31.4. The number of carbonyl (C=O) groups excluding carboxylic acids is 3. The summed E-state index contributed by atoms with van der Waals surface area (Å²) in [5.41, 5.74) is 0.257. The SMILES string of the molecule is COc1ccc(C2=C(O)/C(=C/c3cc(OC)c(OC)cc3C(=O)O[C@@H]3C[C@H](C)CC[C@H]3C(C)C)OC(=O)C2=O)cc1OC. The molecule has 10 heteroatoms. The van der Waals surface area contributed by atoms with Gasteiger partial charge in [-0.05, 0) is 72.1 Å². The molecule has 1 saturated carbocycles. The van der Waals surface area contributed by atoms with E-state index in [1.165, 1.54) is 58.8 Å². The largest absolute Gasteiger partial charge is 0.504 e. The lowest BCUT2D eigenvalue weighted by molar-refractivity contribution is -0.149. The average molecular weight is 595 g/mol. The van der Waals surface area contributed by atoms with E-state index in [0.29, 0.717) is 29.1 Å². The lowest BCUT2D eigenvalue weighted by atomic mass is 9.75. The molecule has 10 nitrogen and oxygen atoms in total. The van der Waals surface area contributed by atoms with E-state index < -0.39 is 23.5 Å². The number of aliphatic hydroxyl groups excluding tert-OH is 1. The standard InChI is InChI=1S/C33H38O10/c1-17(2)21-10-8-18(3)12-24(21)42-32(36)22-16-27(41-7)26(40-6)14-20(22)15-28-30(34)29(31(35)33(37)43-28)19-9-11-23(38-4)25(13-19)39-5/h9,11,13-18,21,24,34H,8,10,12H2,1-7H3/b28-15-/t18-,21+,24-/m1/s1. The fourth-order valence-corrected chi connectivity index (χ4v) is 5.67. The van der Waals surface area contributed by atoms with Crippen LogP contribution in [0, 0.1) is 17.8 Å². The lowest BCUT2D eigenvalue weighted by Crippen LogP contribution is -2.36. The quantitative estimate of drug-likeness (QED) is 0.282. The van der Waals surface area contributed by atoms with Crippen molar-refractivity contribution in [2.45, 2.75) is 46.1 Å². The summed E-state index contributed by atoms with van der Waals surface area (Å²) in [5, 5.41) is 11.2. The molecule has 0 bridgehead atoms. The van der Waals surface area contributed by atoms with Gasteiger partial charge in [0.15, 0.2) is 34.5 Å². The first-order valence-corrected chi connectivity index (χ1v) is 14.1. The van der Waals surface area contributed by atoms with E-state index in [0.717, 1.165) is 19.3 Å². The van der Waals surface area contributed by atoms with Gasteiger partial charge in [-0.1, -0.05) is 33.3 Å². The van der Waals surface area contributed by atoms with Crippen LogP contribution in [-0.4, -0.2) is 57.4 Å². The molecule has 0 radical (unpaired) electrons. The smallest absolute Gasteiger partial charge is 0.385 e. The van der Waals surface area contributed by atoms with Crippen molar-refractivity contribution in [3.8, 4) is 23.0 Å². The first-order chi connectivity index (χ1) is 20.5. The maximum atomic E-state index is 13.7. The number of hydrogen-bond donors (Lipinski definition) is 1. The van der Waals surface area contributed by atoms with E-state index in [1.54, 1.807) is 6.07 Å². The van der Waals surface area contributed by atoms with Crippen LogP contribution in [0.1, 0.15) is 61.5 Å². The number of hydrogen-bond acceptors (Lipinski definition) is 10. The number of ether oxygens (including phenoxy) is 6. The van der Waals surface area contributed by atoms with Crippen LogP contribution >= 0.6 is 0 Å². The highest BCUT2D eigenvalue weighted by Crippen LogP contribution is 2.39. The first-order valence-electron chi connectivity index (χ1n) is 14.1. The minimum atomic E-state index is -1.20. The van der Waals surface area contributed by atoms with Gasteiger partial charge < -0.3 is 33.5 Å². The van der Waals surface area contributed by atoms with Crippen molar-refractivity contribution in [3.63, 3.8) is 0 Å². The number of esters is 2. The monoisotopic (exact) mass is 594 g/mol. The summed E-state index contributed by atoms with van der Waals surface area (Å²) in [4.78, 5) is 39.3. The highest BCUT2D eigenvalue weighted by atomic mass is 16.6. The average Bonchev–Trinajstić information content (AvgIpc) is 2.99. The molecule has 3 atom stereocenters. The number of cyclic esters (lactones) is 1. The molecular weight excluding hydrogens is 556 g/mol. The lowest BCUT2D eigenvalue weighted by Gasteiger charge is -2.36. The van der Waals surface area contributed by atoms with Gasteiger partial charge in [-0.15, -0.1) is 0 Å². The maximum absolute atomic E-state index is 13.7. The summed E-state index contributed by atoms with van der Waals surface area (Å²) < 4.78 is 32.8. The molecular formula is C33H38O10. The number of carbonyl (C=O) groups is 3. The van der Waals surface area contributed by atoms with Gasteiger partial charge in [0.25, 0.3) is 5.78 Å². The van der Waals surface area contributed by atoms with Crippen LogP contribution in [0.2, 0.25) is 0 Å². The molecule has 0 saturated heterocycles. The van der Waals surface area contributed by atoms with Gasteiger partial charge in [-0.3, -0.25) is 4.79 Å². The Kier molecular flexibility index (Phi) is 9.68. The molecule has 2 aliphatic rings. The van der Waals surface area contributed by atoms with Crippen molar-refractivity contribution < 1.29 is 47.9 Å². The van der Waals surface area contributed by atoms with Crippen LogP contribution in [0.25, 0.3) is 11.6 Å². The number of benzene rings is 2. The van der Waals surface area contributed by atoms with E-state index in [4.69, 9.17) is 28.4 Å². The Morgan fingerprint density at radius 1 is 0.930 bits per heavy atom. The molecule has 230 valence electrons. The molecule has 1 N–H and O–H groups in total. The molecule has 43 heavy (non-hydrogen) atoms. The van der Waals surface area contributed by atoms with E-state index in [9.17, 15) is 19.5 Å². The number of Topliss-reactive ketones (excluding diaryl/α,β-unsaturated/α-hetero) is 1. The van der Waals surface area contributed by atoms with Crippen LogP contribution in [-0.2, 0) is 19.1 Å². The van der Waals surface area contributed by atoms with Gasteiger partial charge in [0.1, 0.15) is 6.10 Å². The van der Waals surface area contributed by atoms with Crippen LogP contribution in [0.5, 0.6) is 23.0 Å². The van der Waals surface area contributed by atoms with Gasteiger partial charge >= 0.3 is 11.9 Å². The minimum absolute atomic E-state index is 0.110. The molecule has 1 aliphatic carbocycles. The molecule has 4 rings (SSSR count). The summed E-state index contributed by atoms with van der Waals surface area (Å²) in [6, 6.07) is 7.52. The Labute approximate surface area is 251 Å². The third-order valence-corrected chi connectivity index (χ3v) is 8.04. The molecule has 2 aromatic carbocycles. The molecule has 0 aromatic heterocycles. The van der Waals surface area contributed by atoms with Gasteiger partial charge in [-0.2, -0.15) is 0 Å². The Morgan fingerprint density at radius 2 is 1.56 bits per heavy atom. The molecule has 0 unspecified atom stereocenters. The first kappa shape index (κ1) is 31.5. The predicted octanol–water partition coefficient (Wildman–Crippen LogP) is 5.77. The second-order valence-corrected chi connectivity index (χ2v) is 11.1. The Balaban J connectivity index is 1.82. The minimum Gasteiger partial charge on any atom is -0.504 e. The Hall–Kier alpha value is -4.47. The summed E-state index contributed by atoms with van der Waals surface area (Å²) in [6.07, 6.45) is 3.79. The summed E-state index contributed by atoms with van der Waals surface area (Å²) in [6.45, 7) is 6.39. The van der Waals surface area contributed by atoms with E-state index in [-0.39, 0.29) is 45.8 Å². The van der Waals surface area contributed by atoms with Crippen molar-refractivity contribution in [3.05, 3.63) is 58.5 Å². The third-order valence-electron chi connectivity index (χ3n) is 8.04. The summed E-state index contributed by atoms with van der Waals surface area (Å²) in [5.74, 6) is -1.54. The van der Waals surface area contributed by atoms with Crippen LogP contribution < -0.4 is 18.9 Å². The highest BCUT2D eigenvalue weighted by molar-refractivity contribution is 6.53. The molecule has 1 aliphatic heterocycles. The number of ketones is 1. The van der Waals surface area contributed by atoms with Crippen LogP contribution in [0.3, 0.4) is 0 Å². The van der Waals surface area contributed by atoms with Crippen molar-refractivity contribution in [1.29, 1.82) is 0 Å². The van der Waals surface area contributed by atoms with Gasteiger partial charge in [0, 0.05) is 0 Å². The maximum Gasteiger partial charge on any atom is 0.385 e.